The third kappa shape index (κ3) is 2.67. The Morgan fingerprint density at radius 1 is 1.19 bits per heavy atom. The lowest BCUT2D eigenvalue weighted by molar-refractivity contribution is 0.924. The normalized spacial score (nSPS) is 10.6. The second-order valence-electron chi connectivity index (χ2n) is 3.48. The van der Waals surface area contributed by atoms with E-state index in [0.717, 1.165) is 24.1 Å². The SMILES string of the molecule is S=c1[nH]cc(CCc2cccc(Cl)c2Cl)[nH]1. The molecule has 1 heterocycles. The Kier molecular flexibility index (Phi) is 3.69. The molecule has 0 amide bonds. The van der Waals surface area contributed by atoms with Gasteiger partial charge >= 0.3 is 0 Å². The molecule has 84 valence electrons. The summed E-state index contributed by atoms with van der Waals surface area (Å²) in [6.07, 6.45) is 3.57. The van der Waals surface area contributed by atoms with E-state index in [1.165, 1.54) is 0 Å². The number of halogens is 2. The van der Waals surface area contributed by atoms with Crippen molar-refractivity contribution in [1.82, 2.24) is 9.97 Å². The molecule has 0 unspecified atom stereocenters. The van der Waals surface area contributed by atoms with E-state index in [1.807, 2.05) is 18.3 Å². The molecule has 16 heavy (non-hydrogen) atoms. The van der Waals surface area contributed by atoms with Crippen molar-refractivity contribution in [2.75, 3.05) is 0 Å². The number of H-pyrrole nitrogens is 2. The minimum atomic E-state index is 0.598. The zero-order chi connectivity index (χ0) is 11.5. The Morgan fingerprint density at radius 2 is 2.00 bits per heavy atom. The van der Waals surface area contributed by atoms with Gasteiger partial charge in [-0.3, -0.25) is 0 Å². The summed E-state index contributed by atoms with van der Waals surface area (Å²) in [6.45, 7) is 0. The van der Waals surface area contributed by atoms with Gasteiger partial charge in [-0.2, -0.15) is 0 Å². The first-order valence-corrected chi connectivity index (χ1v) is 6.02. The summed E-state index contributed by atoms with van der Waals surface area (Å²) in [5.41, 5.74) is 2.12. The number of aryl methyl sites for hydroxylation is 2. The minimum Gasteiger partial charge on any atom is -0.337 e. The molecule has 0 fully saturated rings. The van der Waals surface area contributed by atoms with E-state index in [0.29, 0.717) is 14.8 Å². The van der Waals surface area contributed by atoms with Crippen LogP contribution < -0.4 is 0 Å². The van der Waals surface area contributed by atoms with Crippen LogP contribution >= 0.6 is 35.4 Å². The van der Waals surface area contributed by atoms with Crippen molar-refractivity contribution in [2.24, 2.45) is 0 Å². The summed E-state index contributed by atoms with van der Waals surface area (Å²) >= 11 is 17.0. The zero-order valence-electron chi connectivity index (χ0n) is 8.39. The average Bonchev–Trinajstić information content (AvgIpc) is 2.67. The molecule has 2 N–H and O–H groups in total. The van der Waals surface area contributed by atoms with E-state index in [-0.39, 0.29) is 0 Å². The van der Waals surface area contributed by atoms with Crippen molar-refractivity contribution in [3.05, 3.63) is 50.5 Å². The lowest BCUT2D eigenvalue weighted by Crippen LogP contribution is -1.92. The van der Waals surface area contributed by atoms with Crippen LogP contribution in [0.5, 0.6) is 0 Å². The number of imidazole rings is 1. The van der Waals surface area contributed by atoms with Crippen molar-refractivity contribution < 1.29 is 0 Å². The monoisotopic (exact) mass is 272 g/mol. The highest BCUT2D eigenvalue weighted by Gasteiger charge is 2.04. The van der Waals surface area contributed by atoms with Crippen LogP contribution in [-0.4, -0.2) is 9.97 Å². The molecule has 0 aliphatic heterocycles. The molecule has 0 aliphatic carbocycles. The lowest BCUT2D eigenvalue weighted by Gasteiger charge is -2.04. The zero-order valence-corrected chi connectivity index (χ0v) is 10.7. The third-order valence-corrected chi connectivity index (χ3v) is 3.42. The van der Waals surface area contributed by atoms with E-state index >= 15 is 0 Å². The number of benzene rings is 1. The van der Waals surface area contributed by atoms with Gasteiger partial charge in [-0.25, -0.2) is 0 Å². The first-order chi connectivity index (χ1) is 7.66. The van der Waals surface area contributed by atoms with Gasteiger partial charge in [0.15, 0.2) is 4.77 Å². The fraction of sp³-hybridized carbons (Fsp3) is 0.182. The Balaban J connectivity index is 2.10. The number of nitrogens with one attached hydrogen (secondary N) is 2. The summed E-state index contributed by atoms with van der Waals surface area (Å²) in [5, 5.41) is 1.24. The molecule has 0 saturated carbocycles. The maximum Gasteiger partial charge on any atom is 0.174 e. The molecule has 0 spiro atoms. The Labute approximate surface area is 109 Å². The van der Waals surface area contributed by atoms with E-state index in [4.69, 9.17) is 35.4 Å². The van der Waals surface area contributed by atoms with Crippen molar-refractivity contribution in [3.63, 3.8) is 0 Å². The number of aromatic amines is 2. The van der Waals surface area contributed by atoms with Crippen LogP contribution in [0.15, 0.2) is 24.4 Å². The molecule has 0 atom stereocenters. The van der Waals surface area contributed by atoms with E-state index in [1.54, 1.807) is 6.07 Å². The summed E-state index contributed by atoms with van der Waals surface area (Å²) in [7, 11) is 0. The molecule has 1 aromatic heterocycles. The van der Waals surface area contributed by atoms with Gasteiger partial charge in [0.2, 0.25) is 0 Å². The molecule has 0 bridgehead atoms. The quantitative estimate of drug-likeness (QED) is 0.808. The lowest BCUT2D eigenvalue weighted by atomic mass is 10.1. The maximum atomic E-state index is 6.09. The summed E-state index contributed by atoms with van der Waals surface area (Å²) in [6, 6.07) is 5.68. The third-order valence-electron chi connectivity index (χ3n) is 2.35. The predicted molar refractivity (Wildman–Crippen MR) is 69.8 cm³/mol. The van der Waals surface area contributed by atoms with Crippen LogP contribution in [0.25, 0.3) is 0 Å². The number of hydrogen-bond donors (Lipinski definition) is 2. The van der Waals surface area contributed by atoms with Crippen molar-refractivity contribution in [3.8, 4) is 0 Å². The van der Waals surface area contributed by atoms with Gasteiger partial charge in [-0.1, -0.05) is 35.3 Å². The van der Waals surface area contributed by atoms with Gasteiger partial charge < -0.3 is 9.97 Å². The predicted octanol–water partition coefficient (Wildman–Crippen LogP) is 4.16. The van der Waals surface area contributed by atoms with Crippen LogP contribution in [0.1, 0.15) is 11.3 Å². The second-order valence-corrected chi connectivity index (χ2v) is 4.67. The molecule has 5 heteroatoms. The summed E-state index contributed by atoms with van der Waals surface area (Å²) in [4.78, 5) is 5.99. The highest BCUT2D eigenvalue weighted by Crippen LogP contribution is 2.26. The highest BCUT2D eigenvalue weighted by molar-refractivity contribution is 7.71. The summed E-state index contributed by atoms with van der Waals surface area (Å²) in [5.74, 6) is 0. The fourth-order valence-corrected chi connectivity index (χ4v) is 2.12. The molecule has 1 aromatic carbocycles. The van der Waals surface area contributed by atoms with Gasteiger partial charge in [-0.15, -0.1) is 0 Å². The van der Waals surface area contributed by atoms with Gasteiger partial charge in [0.25, 0.3) is 0 Å². The van der Waals surface area contributed by atoms with Crippen molar-refractivity contribution in [2.45, 2.75) is 12.8 Å². The number of hydrogen-bond acceptors (Lipinski definition) is 1. The first kappa shape index (κ1) is 11.7. The van der Waals surface area contributed by atoms with Crippen LogP contribution in [0.2, 0.25) is 10.0 Å². The van der Waals surface area contributed by atoms with Crippen LogP contribution in [0, 0.1) is 4.77 Å². The largest absolute Gasteiger partial charge is 0.337 e. The minimum absolute atomic E-state index is 0.598. The molecular weight excluding hydrogens is 263 g/mol. The van der Waals surface area contributed by atoms with Gasteiger partial charge in [0.1, 0.15) is 0 Å². The van der Waals surface area contributed by atoms with Gasteiger partial charge in [0.05, 0.1) is 10.0 Å². The molecule has 0 saturated heterocycles. The van der Waals surface area contributed by atoms with Gasteiger partial charge in [0, 0.05) is 11.9 Å². The number of rotatable bonds is 3. The van der Waals surface area contributed by atoms with E-state index in [2.05, 4.69) is 9.97 Å². The van der Waals surface area contributed by atoms with Crippen molar-refractivity contribution in [1.29, 1.82) is 0 Å². The van der Waals surface area contributed by atoms with E-state index < -0.39 is 0 Å². The molecule has 2 rings (SSSR count). The van der Waals surface area contributed by atoms with Crippen LogP contribution in [0.3, 0.4) is 0 Å². The summed E-state index contributed by atoms with van der Waals surface area (Å²) < 4.78 is 0.646. The Bertz CT molecular complexity index is 545. The van der Waals surface area contributed by atoms with Crippen LogP contribution in [-0.2, 0) is 12.8 Å². The standard InChI is InChI=1S/C11H10Cl2N2S/c12-9-3-1-2-7(10(9)13)4-5-8-6-14-11(16)15-8/h1-3,6H,4-5H2,(H2,14,15,16). The second kappa shape index (κ2) is 5.04. The topological polar surface area (TPSA) is 31.6 Å². The fourth-order valence-electron chi connectivity index (χ4n) is 1.52. The molecular formula is C11H10Cl2N2S. The average molecular weight is 273 g/mol. The Morgan fingerprint density at radius 3 is 2.69 bits per heavy atom. The molecule has 0 radical (unpaired) electrons. The molecule has 0 aliphatic rings. The Hall–Kier alpha value is -0.770. The molecule has 2 nitrogen and oxygen atoms in total. The van der Waals surface area contributed by atoms with Crippen molar-refractivity contribution >= 4 is 35.4 Å². The number of aromatic nitrogens is 2. The van der Waals surface area contributed by atoms with Crippen LogP contribution in [0.4, 0.5) is 0 Å². The van der Waals surface area contributed by atoms with Gasteiger partial charge in [-0.05, 0) is 36.7 Å². The smallest absolute Gasteiger partial charge is 0.174 e. The molecule has 2 aromatic rings. The maximum absolute atomic E-state index is 6.09. The first-order valence-electron chi connectivity index (χ1n) is 4.86. The van der Waals surface area contributed by atoms with E-state index in [9.17, 15) is 0 Å². The highest BCUT2D eigenvalue weighted by atomic mass is 35.5.